The van der Waals surface area contributed by atoms with Gasteiger partial charge in [-0.3, -0.25) is 0 Å². The van der Waals surface area contributed by atoms with Crippen molar-refractivity contribution in [2.24, 2.45) is 0 Å². The lowest BCUT2D eigenvalue weighted by Crippen LogP contribution is -2.03. The van der Waals surface area contributed by atoms with Crippen LogP contribution in [0.15, 0.2) is 0 Å². The summed E-state index contributed by atoms with van der Waals surface area (Å²) < 4.78 is 5.66. The van der Waals surface area contributed by atoms with Crippen LogP contribution < -0.4 is 0 Å². The Balaban J connectivity index is 1.66. The summed E-state index contributed by atoms with van der Waals surface area (Å²) in [4.78, 5) is 0. The molecule has 1 aliphatic heterocycles. The normalized spacial score (nSPS) is 18.8. The lowest BCUT2D eigenvalue weighted by molar-refractivity contribution is 0.102. The molecule has 0 radical (unpaired) electrons. The highest BCUT2D eigenvalue weighted by molar-refractivity contribution is 7.98. The molecule has 0 N–H and O–H groups in total. The minimum Gasteiger partial charge on any atom is -0.378 e. The van der Waals surface area contributed by atoms with E-state index in [0.29, 0.717) is 6.10 Å². The van der Waals surface area contributed by atoms with E-state index in [4.69, 9.17) is 4.74 Å². The standard InChI is InChI=1S/C18H36OS/c1-20-17-12-10-8-6-4-2-3-5-7-9-11-14-18-15-13-16-19-18/h18H,2-17H2,1H3. The summed E-state index contributed by atoms with van der Waals surface area (Å²) in [5, 5.41) is 0. The van der Waals surface area contributed by atoms with E-state index in [1.54, 1.807) is 0 Å². The predicted octanol–water partition coefficient (Wildman–Crippen LogP) is 6.21. The van der Waals surface area contributed by atoms with Gasteiger partial charge in [0.15, 0.2) is 0 Å². The Morgan fingerprint density at radius 2 is 1.35 bits per heavy atom. The minimum atomic E-state index is 0.612. The van der Waals surface area contributed by atoms with Crippen LogP contribution in [-0.2, 0) is 4.74 Å². The summed E-state index contributed by atoms with van der Waals surface area (Å²) >= 11 is 1.98. The molecule has 1 aliphatic rings. The third kappa shape index (κ3) is 11.0. The molecule has 0 aromatic carbocycles. The van der Waals surface area contributed by atoms with E-state index in [1.165, 1.54) is 95.6 Å². The van der Waals surface area contributed by atoms with Crippen LogP contribution in [0.4, 0.5) is 0 Å². The van der Waals surface area contributed by atoms with E-state index in [9.17, 15) is 0 Å². The summed E-state index contributed by atoms with van der Waals surface area (Å²) in [6.45, 7) is 1.02. The maximum absolute atomic E-state index is 5.66. The smallest absolute Gasteiger partial charge is 0.0576 e. The molecule has 0 aliphatic carbocycles. The summed E-state index contributed by atoms with van der Waals surface area (Å²) in [5.74, 6) is 1.35. The fourth-order valence-corrected chi connectivity index (χ4v) is 3.57. The van der Waals surface area contributed by atoms with Crippen LogP contribution in [0.3, 0.4) is 0 Å². The van der Waals surface area contributed by atoms with Gasteiger partial charge in [0, 0.05) is 6.61 Å². The molecule has 1 fully saturated rings. The fourth-order valence-electron chi connectivity index (χ4n) is 3.08. The average molecular weight is 301 g/mol. The average Bonchev–Trinajstić information content (AvgIpc) is 2.97. The van der Waals surface area contributed by atoms with E-state index in [2.05, 4.69) is 6.26 Å². The van der Waals surface area contributed by atoms with E-state index in [1.807, 2.05) is 11.8 Å². The third-order valence-electron chi connectivity index (χ3n) is 4.40. The van der Waals surface area contributed by atoms with Gasteiger partial charge in [-0.25, -0.2) is 0 Å². The van der Waals surface area contributed by atoms with Gasteiger partial charge in [-0.15, -0.1) is 0 Å². The molecule has 0 saturated carbocycles. The minimum absolute atomic E-state index is 0.612. The zero-order valence-electron chi connectivity index (χ0n) is 13.7. The first-order chi connectivity index (χ1) is 9.93. The summed E-state index contributed by atoms with van der Waals surface area (Å²) in [6, 6.07) is 0. The van der Waals surface area contributed by atoms with Crippen LogP contribution in [0, 0.1) is 0 Å². The fraction of sp³-hybridized carbons (Fsp3) is 1.00. The number of hydrogen-bond donors (Lipinski definition) is 0. The number of ether oxygens (including phenoxy) is 1. The topological polar surface area (TPSA) is 9.23 Å². The highest BCUT2D eigenvalue weighted by Crippen LogP contribution is 2.19. The van der Waals surface area contributed by atoms with E-state index in [0.717, 1.165) is 6.61 Å². The van der Waals surface area contributed by atoms with Gasteiger partial charge in [0.1, 0.15) is 0 Å². The Labute approximate surface area is 131 Å². The molecule has 1 saturated heterocycles. The van der Waals surface area contributed by atoms with Gasteiger partial charge < -0.3 is 4.74 Å². The van der Waals surface area contributed by atoms with Gasteiger partial charge >= 0.3 is 0 Å². The number of unbranched alkanes of at least 4 members (excludes halogenated alkanes) is 10. The van der Waals surface area contributed by atoms with Crippen LogP contribution in [0.1, 0.15) is 89.9 Å². The van der Waals surface area contributed by atoms with Gasteiger partial charge in [-0.05, 0) is 37.7 Å². The zero-order chi connectivity index (χ0) is 14.3. The first-order valence-corrected chi connectivity index (χ1v) is 10.4. The van der Waals surface area contributed by atoms with Crippen LogP contribution >= 0.6 is 11.8 Å². The molecule has 0 aromatic heterocycles. The lowest BCUT2D eigenvalue weighted by atomic mass is 10.0. The van der Waals surface area contributed by atoms with Crippen LogP contribution in [0.2, 0.25) is 0 Å². The summed E-state index contributed by atoms with van der Waals surface area (Å²) in [6.07, 6.45) is 22.7. The molecule has 0 aromatic rings. The number of thioether (sulfide) groups is 1. The second-order valence-corrected chi connectivity index (χ2v) is 7.29. The van der Waals surface area contributed by atoms with Gasteiger partial charge in [0.2, 0.25) is 0 Å². The van der Waals surface area contributed by atoms with Crippen molar-refractivity contribution in [2.45, 2.75) is 96.0 Å². The summed E-state index contributed by atoms with van der Waals surface area (Å²) in [5.41, 5.74) is 0. The highest BCUT2D eigenvalue weighted by atomic mass is 32.2. The van der Waals surface area contributed by atoms with Crippen molar-refractivity contribution < 1.29 is 4.74 Å². The number of rotatable bonds is 14. The SMILES string of the molecule is CSCCCCCCCCCCCCCC1CCCO1. The molecular weight excluding hydrogens is 264 g/mol. The van der Waals surface area contributed by atoms with Gasteiger partial charge in [0.05, 0.1) is 6.10 Å². The largest absolute Gasteiger partial charge is 0.378 e. The molecule has 1 unspecified atom stereocenters. The maximum atomic E-state index is 5.66. The Morgan fingerprint density at radius 3 is 1.85 bits per heavy atom. The molecule has 1 nitrogen and oxygen atoms in total. The summed E-state index contributed by atoms with van der Waals surface area (Å²) in [7, 11) is 0. The lowest BCUT2D eigenvalue weighted by Gasteiger charge is -2.08. The first-order valence-electron chi connectivity index (χ1n) is 9.04. The highest BCUT2D eigenvalue weighted by Gasteiger charge is 2.14. The molecule has 0 amide bonds. The van der Waals surface area contributed by atoms with E-state index < -0.39 is 0 Å². The van der Waals surface area contributed by atoms with Gasteiger partial charge in [-0.2, -0.15) is 11.8 Å². The van der Waals surface area contributed by atoms with Crippen molar-refractivity contribution in [2.75, 3.05) is 18.6 Å². The van der Waals surface area contributed by atoms with E-state index >= 15 is 0 Å². The van der Waals surface area contributed by atoms with Crippen molar-refractivity contribution >= 4 is 11.8 Å². The Kier molecular flexibility index (Phi) is 13.1. The van der Waals surface area contributed by atoms with Crippen molar-refractivity contribution in [3.63, 3.8) is 0 Å². The molecule has 0 bridgehead atoms. The Bertz CT molecular complexity index is 190. The van der Waals surface area contributed by atoms with Crippen molar-refractivity contribution in [1.29, 1.82) is 0 Å². The second kappa shape index (κ2) is 14.3. The predicted molar refractivity (Wildman–Crippen MR) is 92.8 cm³/mol. The van der Waals surface area contributed by atoms with Crippen LogP contribution in [-0.4, -0.2) is 24.7 Å². The number of hydrogen-bond acceptors (Lipinski definition) is 2. The molecule has 120 valence electrons. The van der Waals surface area contributed by atoms with Crippen LogP contribution in [0.5, 0.6) is 0 Å². The zero-order valence-corrected chi connectivity index (χ0v) is 14.5. The maximum Gasteiger partial charge on any atom is 0.0576 e. The molecule has 1 heterocycles. The molecule has 0 spiro atoms. The first kappa shape index (κ1) is 18.4. The van der Waals surface area contributed by atoms with Crippen molar-refractivity contribution in [1.82, 2.24) is 0 Å². The molecule has 20 heavy (non-hydrogen) atoms. The monoisotopic (exact) mass is 300 g/mol. The molecule has 1 atom stereocenters. The molecule has 2 heteroatoms. The Hall–Kier alpha value is 0.310. The second-order valence-electron chi connectivity index (χ2n) is 6.31. The van der Waals surface area contributed by atoms with Gasteiger partial charge in [-0.1, -0.05) is 64.2 Å². The van der Waals surface area contributed by atoms with Crippen LogP contribution in [0.25, 0.3) is 0 Å². The van der Waals surface area contributed by atoms with Gasteiger partial charge in [0.25, 0.3) is 0 Å². The van der Waals surface area contributed by atoms with Crippen molar-refractivity contribution in [3.05, 3.63) is 0 Å². The Morgan fingerprint density at radius 1 is 0.800 bits per heavy atom. The quantitative estimate of drug-likeness (QED) is 0.353. The molecular formula is C18H36OS. The third-order valence-corrected chi connectivity index (χ3v) is 5.10. The van der Waals surface area contributed by atoms with E-state index in [-0.39, 0.29) is 0 Å². The van der Waals surface area contributed by atoms with Crippen molar-refractivity contribution in [3.8, 4) is 0 Å². The molecule has 1 rings (SSSR count).